The molecule has 0 aliphatic heterocycles. The Morgan fingerprint density at radius 1 is 1.04 bits per heavy atom. The van der Waals surface area contributed by atoms with Gasteiger partial charge in [-0.25, -0.2) is 9.78 Å². The molecule has 0 aliphatic carbocycles. The van der Waals surface area contributed by atoms with Gasteiger partial charge in [0.2, 0.25) is 0 Å². The first-order chi connectivity index (χ1) is 13.4. The van der Waals surface area contributed by atoms with E-state index in [4.69, 9.17) is 9.47 Å². The minimum atomic E-state index is -5.04. The summed E-state index contributed by atoms with van der Waals surface area (Å²) in [5, 5.41) is 2.02. The number of hydrogen-bond acceptors (Lipinski definition) is 5. The zero-order chi connectivity index (χ0) is 20.2. The Bertz CT molecular complexity index is 901. The van der Waals surface area contributed by atoms with Gasteiger partial charge in [-0.1, -0.05) is 60.7 Å². The van der Waals surface area contributed by atoms with E-state index in [1.165, 1.54) is 41.8 Å². The predicted octanol–water partition coefficient (Wildman–Crippen LogP) is 4.88. The number of halogens is 3. The number of rotatable bonds is 6. The molecule has 8 heteroatoms. The zero-order valence-electron chi connectivity index (χ0n) is 14.7. The van der Waals surface area contributed by atoms with Gasteiger partial charge in [-0.2, -0.15) is 13.2 Å². The second kappa shape index (κ2) is 8.12. The fraction of sp³-hybridized carbons (Fsp3) is 0.200. The van der Waals surface area contributed by atoms with Crippen LogP contribution in [0.1, 0.15) is 22.2 Å². The lowest BCUT2D eigenvalue weighted by Gasteiger charge is -2.33. The molecule has 0 N–H and O–H groups in total. The fourth-order valence-corrected chi connectivity index (χ4v) is 3.52. The van der Waals surface area contributed by atoms with Gasteiger partial charge in [0.05, 0.1) is 0 Å². The third-order valence-corrected chi connectivity index (χ3v) is 4.99. The summed E-state index contributed by atoms with van der Waals surface area (Å²) in [6.07, 6.45) is -4.63. The molecule has 2 aromatic carbocycles. The number of hydrogen-bond donors (Lipinski definition) is 0. The minimum absolute atomic E-state index is 0.360. The number of benzene rings is 2. The molecule has 0 bridgehead atoms. The van der Waals surface area contributed by atoms with Crippen LogP contribution in [0.4, 0.5) is 13.2 Å². The number of carbonyl (C=O) groups is 1. The molecule has 1 aromatic heterocycles. The van der Waals surface area contributed by atoms with Gasteiger partial charge in [-0.3, -0.25) is 0 Å². The van der Waals surface area contributed by atoms with E-state index < -0.39 is 23.9 Å². The van der Waals surface area contributed by atoms with Crippen LogP contribution in [0.2, 0.25) is 0 Å². The van der Waals surface area contributed by atoms with Crippen LogP contribution in [0, 0.1) is 0 Å². The van der Waals surface area contributed by atoms with Crippen LogP contribution in [0.3, 0.4) is 0 Å². The molecule has 2 atom stereocenters. The highest BCUT2D eigenvalue weighted by molar-refractivity contribution is 7.09. The van der Waals surface area contributed by atoms with Gasteiger partial charge in [-0.15, -0.1) is 11.3 Å². The number of methoxy groups -OCH3 is 1. The molecular formula is C20H16F3NO3S. The van der Waals surface area contributed by atoms with E-state index in [2.05, 4.69) is 4.98 Å². The Morgan fingerprint density at radius 2 is 1.64 bits per heavy atom. The van der Waals surface area contributed by atoms with Crippen molar-refractivity contribution in [2.45, 2.75) is 17.9 Å². The summed E-state index contributed by atoms with van der Waals surface area (Å²) in [6, 6.07) is 15.2. The lowest BCUT2D eigenvalue weighted by Crippen LogP contribution is -2.52. The predicted molar refractivity (Wildman–Crippen MR) is 97.7 cm³/mol. The highest BCUT2D eigenvalue weighted by Crippen LogP contribution is 2.44. The second-order valence-corrected chi connectivity index (χ2v) is 6.74. The van der Waals surface area contributed by atoms with Crippen molar-refractivity contribution in [1.29, 1.82) is 0 Å². The van der Waals surface area contributed by atoms with E-state index in [-0.39, 0.29) is 5.56 Å². The van der Waals surface area contributed by atoms with Crippen molar-refractivity contribution >= 4 is 17.3 Å². The Hall–Kier alpha value is -2.71. The fourth-order valence-electron chi connectivity index (χ4n) is 2.83. The van der Waals surface area contributed by atoms with Crippen molar-refractivity contribution in [2.24, 2.45) is 0 Å². The average Bonchev–Trinajstić information content (AvgIpc) is 3.22. The van der Waals surface area contributed by atoms with Crippen LogP contribution in [0.15, 0.2) is 72.2 Å². The summed E-state index contributed by atoms with van der Waals surface area (Å²) >= 11 is 1.18. The molecule has 0 saturated heterocycles. The monoisotopic (exact) mass is 407 g/mol. The molecule has 0 saturated carbocycles. The quantitative estimate of drug-likeness (QED) is 0.547. The number of ether oxygens (including phenoxy) is 2. The third-order valence-electron chi connectivity index (χ3n) is 4.18. The van der Waals surface area contributed by atoms with E-state index in [1.807, 2.05) is 0 Å². The lowest BCUT2D eigenvalue weighted by molar-refractivity contribution is -0.277. The van der Waals surface area contributed by atoms with Gasteiger partial charge in [0.1, 0.15) is 5.01 Å². The van der Waals surface area contributed by atoms with Crippen LogP contribution in [0.25, 0.3) is 0 Å². The Labute approximate surface area is 163 Å². The number of thiazole rings is 1. The normalized spacial score (nSPS) is 14.9. The largest absolute Gasteiger partial charge is 0.447 e. The van der Waals surface area contributed by atoms with Gasteiger partial charge in [0.25, 0.3) is 5.60 Å². The van der Waals surface area contributed by atoms with Gasteiger partial charge >= 0.3 is 12.1 Å². The average molecular weight is 407 g/mol. The Morgan fingerprint density at radius 3 is 2.14 bits per heavy atom. The van der Waals surface area contributed by atoms with Crippen molar-refractivity contribution in [1.82, 2.24) is 4.98 Å². The Kier molecular flexibility index (Phi) is 5.81. The van der Waals surface area contributed by atoms with Gasteiger partial charge < -0.3 is 9.47 Å². The van der Waals surface area contributed by atoms with Crippen molar-refractivity contribution in [3.8, 4) is 0 Å². The number of esters is 1. The Balaban J connectivity index is 2.05. The topological polar surface area (TPSA) is 48.4 Å². The van der Waals surface area contributed by atoms with Gasteiger partial charge in [0.15, 0.2) is 6.10 Å². The molecule has 146 valence electrons. The molecule has 4 nitrogen and oxygen atoms in total. The molecule has 1 heterocycles. The summed E-state index contributed by atoms with van der Waals surface area (Å²) in [5.74, 6) is -1.56. The highest BCUT2D eigenvalue weighted by atomic mass is 32.1. The number of nitrogens with zero attached hydrogens (tertiary/aromatic N) is 1. The van der Waals surface area contributed by atoms with Crippen molar-refractivity contribution in [3.63, 3.8) is 0 Å². The van der Waals surface area contributed by atoms with Crippen molar-refractivity contribution in [2.75, 3.05) is 7.11 Å². The van der Waals surface area contributed by atoms with Crippen molar-refractivity contribution < 1.29 is 27.4 Å². The van der Waals surface area contributed by atoms with Crippen LogP contribution >= 0.6 is 11.3 Å². The molecule has 0 amide bonds. The maximum atomic E-state index is 14.1. The van der Waals surface area contributed by atoms with Crippen LogP contribution in [-0.2, 0) is 19.9 Å². The van der Waals surface area contributed by atoms with E-state index in [0.29, 0.717) is 10.6 Å². The molecule has 0 unspecified atom stereocenters. The van der Waals surface area contributed by atoms with Crippen molar-refractivity contribution in [3.05, 3.63) is 88.4 Å². The molecule has 3 aromatic rings. The summed E-state index contributed by atoms with van der Waals surface area (Å²) < 4.78 is 52.4. The molecule has 3 rings (SSSR count). The number of aromatic nitrogens is 1. The molecule has 0 spiro atoms. The highest BCUT2D eigenvalue weighted by Gasteiger charge is 2.64. The number of alkyl halides is 3. The molecule has 0 fully saturated rings. The SMILES string of the molecule is CO[C@](C(=O)O[C@@H](c1ccccc1)c1nccs1)(c1ccccc1)C(F)(F)F. The first-order valence-electron chi connectivity index (χ1n) is 8.23. The second-order valence-electron chi connectivity index (χ2n) is 5.82. The van der Waals surface area contributed by atoms with Crippen LogP contribution in [0.5, 0.6) is 0 Å². The first-order valence-corrected chi connectivity index (χ1v) is 9.11. The maximum Gasteiger partial charge on any atom is 0.432 e. The lowest BCUT2D eigenvalue weighted by atomic mass is 9.92. The zero-order valence-corrected chi connectivity index (χ0v) is 15.5. The van der Waals surface area contributed by atoms with E-state index in [9.17, 15) is 18.0 Å². The summed E-state index contributed by atoms with van der Waals surface area (Å²) in [7, 11) is 0.836. The molecular weight excluding hydrogens is 391 g/mol. The molecule has 0 aliphatic rings. The summed E-state index contributed by atoms with van der Waals surface area (Å²) in [5.41, 5.74) is -3.11. The van der Waals surface area contributed by atoms with Crippen LogP contribution in [-0.4, -0.2) is 24.2 Å². The van der Waals surface area contributed by atoms with E-state index >= 15 is 0 Å². The van der Waals surface area contributed by atoms with E-state index in [0.717, 1.165) is 7.11 Å². The minimum Gasteiger partial charge on any atom is -0.447 e. The third kappa shape index (κ3) is 3.65. The van der Waals surface area contributed by atoms with Gasteiger partial charge in [0, 0.05) is 24.3 Å². The smallest absolute Gasteiger partial charge is 0.432 e. The summed E-state index contributed by atoms with van der Waals surface area (Å²) in [4.78, 5) is 17.0. The maximum absolute atomic E-state index is 14.1. The molecule has 0 radical (unpaired) electrons. The first kappa shape index (κ1) is 20.0. The van der Waals surface area contributed by atoms with Gasteiger partial charge in [-0.05, 0) is 5.56 Å². The summed E-state index contributed by atoms with van der Waals surface area (Å²) in [6.45, 7) is 0. The standard InChI is InChI=1S/C20H16F3NO3S/c1-26-19(20(21,22)23,15-10-6-3-7-11-15)18(25)27-16(17-24-12-13-28-17)14-8-4-2-5-9-14/h2-13,16H,1H3/t16-,19-/m0/s1. The van der Waals surface area contributed by atoms with Crippen LogP contribution < -0.4 is 0 Å². The van der Waals surface area contributed by atoms with E-state index in [1.54, 1.807) is 41.8 Å². The number of carbonyl (C=O) groups excluding carboxylic acids is 1. The molecule has 28 heavy (non-hydrogen) atoms.